The average Bonchev–Trinajstić information content (AvgIpc) is 2.61. The summed E-state index contributed by atoms with van der Waals surface area (Å²) < 4.78 is 5.56. The number of nitrogens with one attached hydrogen (secondary N) is 1. The van der Waals surface area contributed by atoms with Gasteiger partial charge in [-0.1, -0.05) is 0 Å². The van der Waals surface area contributed by atoms with Gasteiger partial charge < -0.3 is 14.8 Å². The lowest BCUT2D eigenvalue weighted by atomic mass is 10.2. The first-order chi connectivity index (χ1) is 7.50. The summed E-state index contributed by atoms with van der Waals surface area (Å²) in [5.74, 6) is -1.03. The second-order valence-corrected chi connectivity index (χ2v) is 4.26. The molecule has 1 unspecified atom stereocenters. The predicted octanol–water partition coefficient (Wildman–Crippen LogP) is 2.03. The Morgan fingerprint density at radius 1 is 1.62 bits per heavy atom. The third kappa shape index (κ3) is 3.69. The molecule has 1 atom stereocenters. The minimum absolute atomic E-state index is 0.0285. The van der Waals surface area contributed by atoms with Crippen molar-refractivity contribution in [2.24, 2.45) is 0 Å². The van der Waals surface area contributed by atoms with Gasteiger partial charge in [-0.2, -0.15) is 0 Å². The number of furan rings is 1. The van der Waals surface area contributed by atoms with Gasteiger partial charge in [0.2, 0.25) is 5.76 Å². The van der Waals surface area contributed by atoms with Crippen molar-refractivity contribution in [1.29, 1.82) is 0 Å². The second-order valence-electron chi connectivity index (χ2n) is 3.40. The van der Waals surface area contributed by atoms with Gasteiger partial charge in [0, 0.05) is 12.5 Å². The first-order valence-electron chi connectivity index (χ1n) is 4.76. The monoisotopic (exact) mass is 289 g/mol. The zero-order valence-electron chi connectivity index (χ0n) is 8.70. The molecule has 88 valence electrons. The summed E-state index contributed by atoms with van der Waals surface area (Å²) in [5.41, 5.74) is 0. The number of rotatable bonds is 5. The molecule has 0 radical (unpaired) electrons. The van der Waals surface area contributed by atoms with Gasteiger partial charge in [0.1, 0.15) is 0 Å². The van der Waals surface area contributed by atoms with Crippen LogP contribution in [0, 0.1) is 0 Å². The summed E-state index contributed by atoms with van der Waals surface area (Å²) in [6.07, 6.45) is 1.82. The van der Waals surface area contributed by atoms with Gasteiger partial charge in [-0.3, -0.25) is 9.59 Å². The molecule has 2 N–H and O–H groups in total. The van der Waals surface area contributed by atoms with E-state index < -0.39 is 5.97 Å². The maximum atomic E-state index is 11.6. The quantitative estimate of drug-likeness (QED) is 0.869. The molecular formula is C10H12BrNO4. The maximum absolute atomic E-state index is 11.6. The smallest absolute Gasteiger partial charge is 0.303 e. The van der Waals surface area contributed by atoms with E-state index in [1.165, 1.54) is 6.26 Å². The first kappa shape index (κ1) is 12.8. The number of hydrogen-bond donors (Lipinski definition) is 2. The molecule has 0 fully saturated rings. The Balaban J connectivity index is 2.46. The van der Waals surface area contributed by atoms with E-state index in [2.05, 4.69) is 21.2 Å². The van der Waals surface area contributed by atoms with Gasteiger partial charge >= 0.3 is 5.97 Å². The van der Waals surface area contributed by atoms with Crippen LogP contribution in [0.25, 0.3) is 0 Å². The summed E-state index contributed by atoms with van der Waals surface area (Å²) in [6, 6.07) is 1.41. The highest BCUT2D eigenvalue weighted by atomic mass is 79.9. The van der Waals surface area contributed by atoms with Crippen LogP contribution in [-0.2, 0) is 4.79 Å². The van der Waals surface area contributed by atoms with E-state index >= 15 is 0 Å². The largest absolute Gasteiger partial charge is 0.481 e. The van der Waals surface area contributed by atoms with Gasteiger partial charge in [-0.05, 0) is 35.3 Å². The van der Waals surface area contributed by atoms with E-state index in [-0.39, 0.29) is 24.1 Å². The predicted molar refractivity (Wildman–Crippen MR) is 60.2 cm³/mol. The van der Waals surface area contributed by atoms with Crippen molar-refractivity contribution in [2.75, 3.05) is 0 Å². The fraction of sp³-hybridized carbons (Fsp3) is 0.400. The van der Waals surface area contributed by atoms with Crippen molar-refractivity contribution in [1.82, 2.24) is 5.32 Å². The van der Waals surface area contributed by atoms with Gasteiger partial charge in [0.15, 0.2) is 0 Å². The number of hydrogen-bond acceptors (Lipinski definition) is 3. The van der Waals surface area contributed by atoms with E-state index in [0.29, 0.717) is 10.9 Å². The van der Waals surface area contributed by atoms with Crippen molar-refractivity contribution >= 4 is 27.8 Å². The zero-order valence-corrected chi connectivity index (χ0v) is 10.3. The molecule has 1 aromatic rings. The van der Waals surface area contributed by atoms with Gasteiger partial charge in [-0.15, -0.1) is 0 Å². The van der Waals surface area contributed by atoms with Crippen molar-refractivity contribution in [3.8, 4) is 0 Å². The summed E-state index contributed by atoms with van der Waals surface area (Å²) in [5, 5.41) is 11.1. The minimum atomic E-state index is -0.875. The van der Waals surface area contributed by atoms with Crippen LogP contribution in [0.15, 0.2) is 21.2 Å². The average molecular weight is 290 g/mol. The number of carbonyl (C=O) groups is 2. The highest BCUT2D eigenvalue weighted by molar-refractivity contribution is 9.10. The Morgan fingerprint density at radius 3 is 2.81 bits per heavy atom. The summed E-state index contributed by atoms with van der Waals surface area (Å²) in [6.45, 7) is 1.75. The molecule has 1 heterocycles. The lowest BCUT2D eigenvalue weighted by Gasteiger charge is -2.11. The molecule has 6 heteroatoms. The van der Waals surface area contributed by atoms with E-state index in [4.69, 9.17) is 9.52 Å². The number of carbonyl (C=O) groups excluding carboxylic acids is 1. The maximum Gasteiger partial charge on any atom is 0.303 e. The molecular weight excluding hydrogens is 278 g/mol. The molecule has 0 aromatic carbocycles. The van der Waals surface area contributed by atoms with Crippen LogP contribution in [0.5, 0.6) is 0 Å². The Kier molecular flexibility index (Phi) is 4.54. The molecule has 5 nitrogen and oxygen atoms in total. The Morgan fingerprint density at radius 2 is 2.31 bits per heavy atom. The van der Waals surface area contributed by atoms with Crippen LogP contribution in [0.2, 0.25) is 0 Å². The Labute approximate surface area is 101 Å². The first-order valence-corrected chi connectivity index (χ1v) is 5.55. The molecule has 0 aliphatic rings. The van der Waals surface area contributed by atoms with Crippen LogP contribution >= 0.6 is 15.9 Å². The van der Waals surface area contributed by atoms with Crippen LogP contribution in [-0.4, -0.2) is 23.0 Å². The molecule has 1 rings (SSSR count). The SMILES string of the molecule is CC(CCC(=O)O)NC(=O)c1occc1Br. The van der Waals surface area contributed by atoms with E-state index in [0.717, 1.165) is 0 Å². The van der Waals surface area contributed by atoms with Gasteiger partial charge in [0.25, 0.3) is 5.91 Å². The van der Waals surface area contributed by atoms with Crippen molar-refractivity contribution in [2.45, 2.75) is 25.8 Å². The lowest BCUT2D eigenvalue weighted by Crippen LogP contribution is -2.32. The second kappa shape index (κ2) is 5.69. The number of amides is 1. The van der Waals surface area contributed by atoms with E-state index in [1.807, 2.05) is 0 Å². The molecule has 0 aliphatic heterocycles. The number of aliphatic carboxylic acids is 1. The van der Waals surface area contributed by atoms with Crippen LogP contribution in [0.4, 0.5) is 0 Å². The molecule has 0 saturated carbocycles. The summed E-state index contributed by atoms with van der Waals surface area (Å²) >= 11 is 3.17. The van der Waals surface area contributed by atoms with Crippen molar-refractivity contribution in [3.63, 3.8) is 0 Å². The molecule has 0 bridgehead atoms. The normalized spacial score (nSPS) is 12.1. The van der Waals surface area contributed by atoms with Crippen LogP contribution in [0.3, 0.4) is 0 Å². The number of halogens is 1. The Hall–Kier alpha value is -1.30. The summed E-state index contributed by atoms with van der Waals surface area (Å²) in [4.78, 5) is 21.9. The minimum Gasteiger partial charge on any atom is -0.481 e. The molecule has 0 saturated heterocycles. The van der Waals surface area contributed by atoms with Crippen LogP contribution in [0.1, 0.15) is 30.3 Å². The van der Waals surface area contributed by atoms with E-state index in [9.17, 15) is 9.59 Å². The standard InChI is InChI=1S/C10H12BrNO4/c1-6(2-3-8(13)14)12-10(15)9-7(11)4-5-16-9/h4-6H,2-3H2,1H3,(H,12,15)(H,13,14). The van der Waals surface area contributed by atoms with Gasteiger partial charge in [-0.25, -0.2) is 0 Å². The number of carboxylic acid groups (broad SMARTS) is 1. The fourth-order valence-corrected chi connectivity index (χ4v) is 1.54. The fourth-order valence-electron chi connectivity index (χ4n) is 1.16. The summed E-state index contributed by atoms with van der Waals surface area (Å²) in [7, 11) is 0. The third-order valence-electron chi connectivity index (χ3n) is 1.99. The Bertz CT molecular complexity index is 388. The molecule has 0 aliphatic carbocycles. The van der Waals surface area contributed by atoms with Crippen LogP contribution < -0.4 is 5.32 Å². The lowest BCUT2D eigenvalue weighted by molar-refractivity contribution is -0.137. The molecule has 1 amide bonds. The van der Waals surface area contributed by atoms with Gasteiger partial charge in [0.05, 0.1) is 10.7 Å². The number of carboxylic acids is 1. The topological polar surface area (TPSA) is 79.5 Å². The molecule has 1 aromatic heterocycles. The van der Waals surface area contributed by atoms with E-state index in [1.54, 1.807) is 13.0 Å². The zero-order chi connectivity index (χ0) is 12.1. The highest BCUT2D eigenvalue weighted by Crippen LogP contribution is 2.17. The van der Waals surface area contributed by atoms with Crippen molar-refractivity contribution < 1.29 is 19.1 Å². The third-order valence-corrected chi connectivity index (χ3v) is 2.62. The highest BCUT2D eigenvalue weighted by Gasteiger charge is 2.16. The molecule has 0 spiro atoms. The van der Waals surface area contributed by atoms with Crippen molar-refractivity contribution in [3.05, 3.63) is 22.6 Å². The molecule has 16 heavy (non-hydrogen) atoms.